The third-order valence-corrected chi connectivity index (χ3v) is 2.18. The minimum absolute atomic E-state index is 0.0931. The van der Waals surface area contributed by atoms with E-state index in [9.17, 15) is 4.79 Å². The number of aryl methyl sites for hydroxylation is 1. The van der Waals surface area contributed by atoms with Crippen LogP contribution < -0.4 is 4.74 Å². The lowest BCUT2D eigenvalue weighted by Crippen LogP contribution is -2.09. The zero-order chi connectivity index (χ0) is 11.4. The molecule has 1 rings (SSSR count). The minimum atomic E-state index is -0.203. The molecule has 1 aromatic heterocycles. The van der Waals surface area contributed by atoms with Crippen LogP contribution in [0.15, 0.2) is 6.07 Å². The molecule has 0 fully saturated rings. The number of rotatable bonds is 4. The standard InChI is InChI=1S/C11H16N2O2/c1-5-15-11-6-10(7(2)8(3)14)12-9(4)13-11/h6-7H,5H2,1-4H3. The monoisotopic (exact) mass is 208 g/mol. The van der Waals surface area contributed by atoms with Gasteiger partial charge in [0.05, 0.1) is 18.2 Å². The molecule has 0 aliphatic rings. The van der Waals surface area contributed by atoms with E-state index in [0.29, 0.717) is 18.3 Å². The van der Waals surface area contributed by atoms with Crippen LogP contribution in [0.5, 0.6) is 5.88 Å². The van der Waals surface area contributed by atoms with Crippen LogP contribution in [0.4, 0.5) is 0 Å². The van der Waals surface area contributed by atoms with Crippen LogP contribution in [0.2, 0.25) is 0 Å². The highest BCUT2D eigenvalue weighted by molar-refractivity contribution is 5.82. The highest BCUT2D eigenvalue weighted by Crippen LogP contribution is 2.18. The van der Waals surface area contributed by atoms with Gasteiger partial charge in [0.1, 0.15) is 11.6 Å². The summed E-state index contributed by atoms with van der Waals surface area (Å²) in [4.78, 5) is 19.6. The van der Waals surface area contributed by atoms with E-state index in [1.165, 1.54) is 0 Å². The Kier molecular flexibility index (Phi) is 3.77. The molecule has 0 radical (unpaired) electrons. The second-order valence-corrected chi connectivity index (χ2v) is 3.44. The molecular formula is C11H16N2O2. The maximum atomic E-state index is 11.2. The molecular weight excluding hydrogens is 192 g/mol. The van der Waals surface area contributed by atoms with Crippen molar-refractivity contribution in [1.82, 2.24) is 9.97 Å². The Labute approximate surface area is 89.7 Å². The van der Waals surface area contributed by atoms with Gasteiger partial charge in [-0.1, -0.05) is 0 Å². The van der Waals surface area contributed by atoms with Crippen LogP contribution in [0, 0.1) is 6.92 Å². The van der Waals surface area contributed by atoms with Crippen molar-refractivity contribution in [2.24, 2.45) is 0 Å². The Bertz CT molecular complexity index is 364. The molecule has 0 aromatic carbocycles. The molecule has 1 aromatic rings. The van der Waals surface area contributed by atoms with Crippen molar-refractivity contribution in [2.45, 2.75) is 33.6 Å². The van der Waals surface area contributed by atoms with Crippen LogP contribution in [0.3, 0.4) is 0 Å². The Balaban J connectivity index is 3.02. The SMILES string of the molecule is CCOc1cc(C(C)C(C)=O)nc(C)n1. The first kappa shape index (κ1) is 11.6. The Hall–Kier alpha value is -1.45. The van der Waals surface area contributed by atoms with Gasteiger partial charge in [-0.2, -0.15) is 4.98 Å². The zero-order valence-corrected chi connectivity index (χ0v) is 9.57. The van der Waals surface area contributed by atoms with E-state index in [1.807, 2.05) is 13.8 Å². The van der Waals surface area contributed by atoms with Gasteiger partial charge in [0.25, 0.3) is 0 Å². The third-order valence-electron chi connectivity index (χ3n) is 2.18. The summed E-state index contributed by atoms with van der Waals surface area (Å²) in [5, 5.41) is 0. The molecule has 1 heterocycles. The molecule has 0 saturated carbocycles. The lowest BCUT2D eigenvalue weighted by Gasteiger charge is -2.09. The number of carbonyl (C=O) groups excluding carboxylic acids is 1. The molecule has 0 bridgehead atoms. The van der Waals surface area contributed by atoms with Gasteiger partial charge in [0, 0.05) is 6.07 Å². The van der Waals surface area contributed by atoms with E-state index in [4.69, 9.17) is 4.74 Å². The smallest absolute Gasteiger partial charge is 0.216 e. The summed E-state index contributed by atoms with van der Waals surface area (Å²) < 4.78 is 5.29. The predicted octanol–water partition coefficient (Wildman–Crippen LogP) is 1.88. The van der Waals surface area contributed by atoms with Crippen molar-refractivity contribution in [3.05, 3.63) is 17.6 Å². The number of ether oxygens (including phenoxy) is 1. The number of Topliss-reactive ketones (excluding diaryl/α,β-unsaturated/α-hetero) is 1. The van der Waals surface area contributed by atoms with Crippen molar-refractivity contribution in [1.29, 1.82) is 0 Å². The van der Waals surface area contributed by atoms with Gasteiger partial charge in [-0.25, -0.2) is 4.98 Å². The normalized spacial score (nSPS) is 12.3. The molecule has 15 heavy (non-hydrogen) atoms. The molecule has 0 N–H and O–H groups in total. The second-order valence-electron chi connectivity index (χ2n) is 3.44. The summed E-state index contributed by atoms with van der Waals surface area (Å²) in [6.07, 6.45) is 0. The van der Waals surface area contributed by atoms with Gasteiger partial charge in [-0.05, 0) is 27.7 Å². The van der Waals surface area contributed by atoms with E-state index in [1.54, 1.807) is 19.9 Å². The maximum absolute atomic E-state index is 11.2. The highest BCUT2D eigenvalue weighted by Gasteiger charge is 2.14. The van der Waals surface area contributed by atoms with E-state index in [0.717, 1.165) is 5.69 Å². The van der Waals surface area contributed by atoms with Gasteiger partial charge < -0.3 is 4.74 Å². The first-order valence-corrected chi connectivity index (χ1v) is 5.03. The van der Waals surface area contributed by atoms with Gasteiger partial charge >= 0.3 is 0 Å². The third kappa shape index (κ3) is 3.01. The number of hydrogen-bond donors (Lipinski definition) is 0. The number of nitrogens with zero attached hydrogens (tertiary/aromatic N) is 2. The van der Waals surface area contributed by atoms with E-state index in [2.05, 4.69) is 9.97 Å². The van der Waals surface area contributed by atoms with Crippen molar-refractivity contribution < 1.29 is 9.53 Å². The minimum Gasteiger partial charge on any atom is -0.478 e. The van der Waals surface area contributed by atoms with Gasteiger partial charge in [-0.3, -0.25) is 4.79 Å². The zero-order valence-electron chi connectivity index (χ0n) is 9.57. The molecule has 1 atom stereocenters. The van der Waals surface area contributed by atoms with E-state index in [-0.39, 0.29) is 11.7 Å². The lowest BCUT2D eigenvalue weighted by molar-refractivity contribution is -0.118. The largest absolute Gasteiger partial charge is 0.478 e. The van der Waals surface area contributed by atoms with Crippen LogP contribution in [-0.4, -0.2) is 22.4 Å². The van der Waals surface area contributed by atoms with Crippen molar-refractivity contribution in [3.63, 3.8) is 0 Å². The molecule has 4 heteroatoms. The summed E-state index contributed by atoms with van der Waals surface area (Å²) in [5.74, 6) is 1.05. The summed E-state index contributed by atoms with van der Waals surface area (Å²) in [6.45, 7) is 7.64. The van der Waals surface area contributed by atoms with Gasteiger partial charge in [0.15, 0.2) is 0 Å². The average molecular weight is 208 g/mol. The first-order chi connectivity index (χ1) is 7.04. The Morgan fingerprint density at radius 2 is 2.20 bits per heavy atom. The molecule has 0 saturated heterocycles. The maximum Gasteiger partial charge on any atom is 0.216 e. The fraction of sp³-hybridized carbons (Fsp3) is 0.545. The van der Waals surface area contributed by atoms with Crippen LogP contribution >= 0.6 is 0 Å². The van der Waals surface area contributed by atoms with Crippen LogP contribution in [0.25, 0.3) is 0 Å². The Morgan fingerprint density at radius 3 is 2.73 bits per heavy atom. The molecule has 0 amide bonds. The number of hydrogen-bond acceptors (Lipinski definition) is 4. The Morgan fingerprint density at radius 1 is 1.53 bits per heavy atom. The second kappa shape index (κ2) is 4.87. The van der Waals surface area contributed by atoms with E-state index < -0.39 is 0 Å². The summed E-state index contributed by atoms with van der Waals surface area (Å²) in [7, 11) is 0. The van der Waals surface area contributed by atoms with Crippen LogP contribution in [0.1, 0.15) is 38.2 Å². The van der Waals surface area contributed by atoms with Crippen molar-refractivity contribution >= 4 is 5.78 Å². The summed E-state index contributed by atoms with van der Waals surface area (Å²) in [5.41, 5.74) is 0.721. The quantitative estimate of drug-likeness (QED) is 0.758. The molecule has 4 nitrogen and oxygen atoms in total. The molecule has 82 valence electrons. The van der Waals surface area contributed by atoms with Gasteiger partial charge in [0.2, 0.25) is 5.88 Å². The lowest BCUT2D eigenvalue weighted by atomic mass is 10.0. The average Bonchev–Trinajstić information content (AvgIpc) is 2.16. The van der Waals surface area contributed by atoms with Crippen molar-refractivity contribution in [2.75, 3.05) is 6.61 Å². The van der Waals surface area contributed by atoms with E-state index >= 15 is 0 Å². The number of aromatic nitrogens is 2. The number of ketones is 1. The predicted molar refractivity (Wildman–Crippen MR) is 57.0 cm³/mol. The number of carbonyl (C=O) groups is 1. The molecule has 1 unspecified atom stereocenters. The van der Waals surface area contributed by atoms with Gasteiger partial charge in [-0.15, -0.1) is 0 Å². The highest BCUT2D eigenvalue weighted by atomic mass is 16.5. The van der Waals surface area contributed by atoms with Crippen LogP contribution in [-0.2, 0) is 4.79 Å². The topological polar surface area (TPSA) is 52.1 Å². The summed E-state index contributed by atoms with van der Waals surface area (Å²) >= 11 is 0. The molecule has 0 aliphatic heterocycles. The summed E-state index contributed by atoms with van der Waals surface area (Å²) in [6, 6.07) is 1.72. The fourth-order valence-corrected chi connectivity index (χ4v) is 1.21. The molecule has 0 spiro atoms. The first-order valence-electron chi connectivity index (χ1n) is 5.03. The fourth-order valence-electron chi connectivity index (χ4n) is 1.21. The molecule has 0 aliphatic carbocycles. The van der Waals surface area contributed by atoms with Crippen molar-refractivity contribution in [3.8, 4) is 5.88 Å².